The summed E-state index contributed by atoms with van der Waals surface area (Å²) in [5, 5.41) is 14.2. The summed E-state index contributed by atoms with van der Waals surface area (Å²) in [5.74, 6) is -0.580. The Morgan fingerprint density at radius 1 is 1.27 bits per heavy atom. The summed E-state index contributed by atoms with van der Waals surface area (Å²) >= 11 is 0. The van der Waals surface area contributed by atoms with E-state index in [1.54, 1.807) is 0 Å². The lowest BCUT2D eigenvalue weighted by Gasteiger charge is -2.03. The van der Waals surface area contributed by atoms with E-state index in [2.05, 4.69) is 9.97 Å². The molecule has 0 fully saturated rings. The monoisotopic (exact) mass is 316 g/mol. The molecule has 0 unspecified atom stereocenters. The Bertz CT molecular complexity index is 1030. The predicted molar refractivity (Wildman–Crippen MR) is 77.6 cm³/mol. The summed E-state index contributed by atoms with van der Waals surface area (Å²) < 4.78 is 36.9. The van der Waals surface area contributed by atoms with Crippen LogP contribution >= 0.6 is 0 Å². The van der Waals surface area contributed by atoms with E-state index < -0.39 is 15.8 Å². The van der Waals surface area contributed by atoms with E-state index in [9.17, 15) is 12.8 Å². The fourth-order valence-corrected chi connectivity index (χ4v) is 2.85. The van der Waals surface area contributed by atoms with Crippen molar-refractivity contribution in [1.29, 1.82) is 5.26 Å². The molecule has 1 aromatic carbocycles. The fraction of sp³-hybridized carbons (Fsp3) is 0. The summed E-state index contributed by atoms with van der Waals surface area (Å²) in [6.45, 7) is 0. The fourth-order valence-electron chi connectivity index (χ4n) is 2.16. The number of halogens is 1. The molecule has 0 aliphatic rings. The predicted octanol–water partition coefficient (Wildman–Crippen LogP) is 1.89. The van der Waals surface area contributed by atoms with Gasteiger partial charge in [0.05, 0.1) is 17.3 Å². The van der Waals surface area contributed by atoms with Crippen LogP contribution in [0.3, 0.4) is 0 Å². The molecule has 2 aromatic heterocycles. The van der Waals surface area contributed by atoms with Crippen LogP contribution in [-0.4, -0.2) is 18.4 Å². The third-order valence-corrected chi connectivity index (χ3v) is 4.13. The van der Waals surface area contributed by atoms with E-state index >= 15 is 0 Å². The zero-order valence-corrected chi connectivity index (χ0v) is 11.9. The summed E-state index contributed by atoms with van der Waals surface area (Å²) in [6.07, 6.45) is 1.24. The Labute approximate surface area is 125 Å². The van der Waals surface area contributed by atoms with E-state index in [-0.39, 0.29) is 21.7 Å². The van der Waals surface area contributed by atoms with Gasteiger partial charge in [-0.25, -0.2) is 22.9 Å². The smallest absolute Gasteiger partial charge is 0.240 e. The number of nitrogens with one attached hydrogen (secondary N) is 1. The van der Waals surface area contributed by atoms with Crippen molar-refractivity contribution in [2.45, 2.75) is 4.90 Å². The maximum absolute atomic E-state index is 14.0. The minimum absolute atomic E-state index is 0.0677. The molecule has 0 atom stereocenters. The number of primary sulfonamides is 1. The molecule has 8 heteroatoms. The quantitative estimate of drug-likeness (QED) is 0.751. The number of benzene rings is 1. The number of nitrogens with zero attached hydrogens (tertiary/aromatic N) is 2. The molecule has 0 aliphatic heterocycles. The molecule has 3 N–H and O–H groups in total. The highest BCUT2D eigenvalue weighted by atomic mass is 32.2. The number of rotatable bonds is 2. The number of pyridine rings is 1. The van der Waals surface area contributed by atoms with Crippen molar-refractivity contribution < 1.29 is 12.8 Å². The van der Waals surface area contributed by atoms with Crippen LogP contribution in [0.15, 0.2) is 41.4 Å². The number of sulfonamides is 1. The molecule has 3 rings (SSSR count). The first kappa shape index (κ1) is 14.2. The van der Waals surface area contributed by atoms with Crippen LogP contribution in [0.2, 0.25) is 0 Å². The van der Waals surface area contributed by atoms with Gasteiger partial charge in [-0.05, 0) is 30.3 Å². The molecule has 6 nitrogen and oxygen atoms in total. The molecule has 0 saturated heterocycles. The number of H-pyrrole nitrogens is 1. The number of nitriles is 1. The molecule has 3 aromatic rings. The summed E-state index contributed by atoms with van der Waals surface area (Å²) in [5.41, 5.74) is 1.02. The third-order valence-electron chi connectivity index (χ3n) is 3.18. The van der Waals surface area contributed by atoms with Crippen molar-refractivity contribution in [3.63, 3.8) is 0 Å². The number of hydrogen-bond donors (Lipinski definition) is 2. The van der Waals surface area contributed by atoms with Crippen molar-refractivity contribution in [3.05, 3.63) is 47.9 Å². The van der Waals surface area contributed by atoms with E-state index in [0.717, 1.165) is 6.07 Å². The van der Waals surface area contributed by atoms with Crippen LogP contribution in [0.25, 0.3) is 22.3 Å². The van der Waals surface area contributed by atoms with Gasteiger partial charge in [-0.2, -0.15) is 5.26 Å². The second-order valence-corrected chi connectivity index (χ2v) is 6.13. The highest BCUT2D eigenvalue weighted by Gasteiger charge is 2.16. The second kappa shape index (κ2) is 4.91. The molecular weight excluding hydrogens is 307 g/mol. The van der Waals surface area contributed by atoms with Crippen LogP contribution in [0.4, 0.5) is 4.39 Å². The summed E-state index contributed by atoms with van der Waals surface area (Å²) in [4.78, 5) is 6.83. The van der Waals surface area contributed by atoms with Crippen LogP contribution in [-0.2, 0) is 10.0 Å². The first-order valence-electron chi connectivity index (χ1n) is 6.11. The number of nitrogens with two attached hydrogens (primary N) is 1. The molecule has 0 spiro atoms. The van der Waals surface area contributed by atoms with Crippen molar-refractivity contribution in [1.82, 2.24) is 9.97 Å². The largest absolute Gasteiger partial charge is 0.345 e. The Hall–Kier alpha value is -2.76. The van der Waals surface area contributed by atoms with Crippen molar-refractivity contribution in [3.8, 4) is 17.3 Å². The van der Waals surface area contributed by atoms with Gasteiger partial charge >= 0.3 is 0 Å². The molecule has 0 aliphatic carbocycles. The first-order valence-corrected chi connectivity index (χ1v) is 7.66. The number of aromatic nitrogens is 2. The van der Waals surface area contributed by atoms with Crippen LogP contribution in [0.5, 0.6) is 0 Å². The van der Waals surface area contributed by atoms with Gasteiger partial charge in [0.25, 0.3) is 0 Å². The molecule has 2 heterocycles. The molecule has 22 heavy (non-hydrogen) atoms. The van der Waals surface area contributed by atoms with Gasteiger partial charge in [0.2, 0.25) is 10.0 Å². The summed E-state index contributed by atoms with van der Waals surface area (Å²) in [6, 6.07) is 8.90. The molecule has 0 bridgehead atoms. The number of hydrogen-bond acceptors (Lipinski definition) is 4. The normalized spacial score (nSPS) is 11.5. The van der Waals surface area contributed by atoms with Gasteiger partial charge in [-0.3, -0.25) is 0 Å². The molecule has 110 valence electrons. The highest BCUT2D eigenvalue weighted by Crippen LogP contribution is 2.26. The van der Waals surface area contributed by atoms with Gasteiger partial charge in [0.1, 0.15) is 16.4 Å². The average molecular weight is 316 g/mol. The summed E-state index contributed by atoms with van der Waals surface area (Å²) in [7, 11) is -3.86. The topological polar surface area (TPSA) is 113 Å². The minimum Gasteiger partial charge on any atom is -0.345 e. The van der Waals surface area contributed by atoms with Crippen molar-refractivity contribution in [2.24, 2.45) is 5.14 Å². The third kappa shape index (κ3) is 2.32. The SMILES string of the molecule is N#Cc1ccc(-c2ccc3c(S(N)(=O)=O)c[nH]c3n2)c(F)c1. The van der Waals surface area contributed by atoms with E-state index in [1.165, 1.54) is 30.5 Å². The Morgan fingerprint density at radius 3 is 2.68 bits per heavy atom. The van der Waals surface area contributed by atoms with Gasteiger partial charge in [-0.1, -0.05) is 0 Å². The van der Waals surface area contributed by atoms with E-state index in [0.29, 0.717) is 11.1 Å². The standard InChI is InChI=1S/C14H9FN4O2S/c15-11-5-8(6-16)1-2-9(11)12-4-3-10-13(22(17,20)21)7-18-14(10)19-12/h1-5,7H,(H,18,19)(H2,17,20,21). The zero-order chi connectivity index (χ0) is 15.9. The average Bonchev–Trinajstić information content (AvgIpc) is 2.90. The van der Waals surface area contributed by atoms with Crippen LogP contribution in [0, 0.1) is 17.1 Å². The van der Waals surface area contributed by atoms with Gasteiger partial charge in [0, 0.05) is 17.1 Å². The number of fused-ring (bicyclic) bond motifs is 1. The van der Waals surface area contributed by atoms with Gasteiger partial charge in [-0.15, -0.1) is 0 Å². The van der Waals surface area contributed by atoms with Gasteiger partial charge in [0.15, 0.2) is 0 Å². The highest BCUT2D eigenvalue weighted by molar-refractivity contribution is 7.89. The Balaban J connectivity index is 2.17. The molecular formula is C14H9FN4O2S. The molecule has 0 saturated carbocycles. The maximum atomic E-state index is 14.0. The van der Waals surface area contributed by atoms with Gasteiger partial charge < -0.3 is 4.98 Å². The Morgan fingerprint density at radius 2 is 2.05 bits per heavy atom. The molecule has 0 amide bonds. The molecule has 0 radical (unpaired) electrons. The Kier molecular flexibility index (Phi) is 3.16. The van der Waals surface area contributed by atoms with Crippen LogP contribution < -0.4 is 5.14 Å². The lowest BCUT2D eigenvalue weighted by molar-refractivity contribution is 0.598. The van der Waals surface area contributed by atoms with Crippen molar-refractivity contribution in [2.75, 3.05) is 0 Å². The second-order valence-electron chi connectivity index (χ2n) is 4.60. The van der Waals surface area contributed by atoms with Crippen LogP contribution in [0.1, 0.15) is 5.56 Å². The lowest BCUT2D eigenvalue weighted by Crippen LogP contribution is -2.11. The zero-order valence-electron chi connectivity index (χ0n) is 11.0. The van der Waals surface area contributed by atoms with Crippen molar-refractivity contribution >= 4 is 21.1 Å². The number of aromatic amines is 1. The first-order chi connectivity index (χ1) is 10.4. The maximum Gasteiger partial charge on any atom is 0.240 e. The van der Waals surface area contributed by atoms with E-state index in [4.69, 9.17) is 10.4 Å². The van der Waals surface area contributed by atoms with E-state index in [1.807, 2.05) is 6.07 Å². The lowest BCUT2D eigenvalue weighted by atomic mass is 10.1. The minimum atomic E-state index is -3.86.